The SMILES string of the molecule is C#CCOc1ccc(NC(=O)N2CCC[C@H](COCC)C2)cc1. The van der Waals surface area contributed by atoms with E-state index in [0.717, 1.165) is 44.8 Å². The minimum atomic E-state index is -0.0662. The lowest BCUT2D eigenvalue weighted by molar-refractivity contribution is 0.0777. The minimum absolute atomic E-state index is 0.0662. The van der Waals surface area contributed by atoms with Gasteiger partial charge in [0.1, 0.15) is 12.4 Å². The average Bonchev–Trinajstić information content (AvgIpc) is 2.59. The maximum absolute atomic E-state index is 12.4. The summed E-state index contributed by atoms with van der Waals surface area (Å²) in [7, 11) is 0. The number of carbonyl (C=O) groups excluding carboxylic acids is 1. The summed E-state index contributed by atoms with van der Waals surface area (Å²) in [5.41, 5.74) is 0.745. The molecule has 5 heteroatoms. The molecule has 0 bridgehead atoms. The van der Waals surface area contributed by atoms with Crippen LogP contribution in [0.4, 0.5) is 10.5 Å². The summed E-state index contributed by atoms with van der Waals surface area (Å²) in [5, 5.41) is 2.92. The van der Waals surface area contributed by atoms with E-state index in [9.17, 15) is 4.79 Å². The van der Waals surface area contributed by atoms with Gasteiger partial charge in [-0.2, -0.15) is 0 Å². The number of urea groups is 1. The Hall–Kier alpha value is -2.19. The molecule has 0 radical (unpaired) electrons. The maximum atomic E-state index is 12.4. The van der Waals surface area contributed by atoms with Crippen molar-refractivity contribution < 1.29 is 14.3 Å². The quantitative estimate of drug-likeness (QED) is 0.821. The van der Waals surface area contributed by atoms with Crippen LogP contribution in [-0.4, -0.2) is 43.8 Å². The highest BCUT2D eigenvalue weighted by molar-refractivity contribution is 5.89. The number of carbonyl (C=O) groups is 1. The predicted octanol–water partition coefficient (Wildman–Crippen LogP) is 2.98. The third-order valence-electron chi connectivity index (χ3n) is 3.79. The zero-order valence-corrected chi connectivity index (χ0v) is 13.6. The molecule has 1 saturated heterocycles. The van der Waals surface area contributed by atoms with Gasteiger partial charge in [-0.05, 0) is 44.0 Å². The van der Waals surface area contributed by atoms with Gasteiger partial charge in [0.25, 0.3) is 0 Å². The van der Waals surface area contributed by atoms with Gasteiger partial charge in [0.2, 0.25) is 0 Å². The summed E-state index contributed by atoms with van der Waals surface area (Å²) < 4.78 is 10.8. The Morgan fingerprint density at radius 1 is 1.43 bits per heavy atom. The molecule has 1 atom stereocenters. The molecule has 1 aromatic carbocycles. The molecule has 0 aliphatic carbocycles. The molecule has 5 nitrogen and oxygen atoms in total. The van der Waals surface area contributed by atoms with E-state index in [-0.39, 0.29) is 12.6 Å². The van der Waals surface area contributed by atoms with Crippen LogP contribution in [0, 0.1) is 18.3 Å². The number of amides is 2. The number of hydrogen-bond acceptors (Lipinski definition) is 3. The summed E-state index contributed by atoms with van der Waals surface area (Å²) in [6, 6.07) is 7.14. The van der Waals surface area contributed by atoms with Crippen molar-refractivity contribution in [3.63, 3.8) is 0 Å². The van der Waals surface area contributed by atoms with Crippen LogP contribution in [0.3, 0.4) is 0 Å². The van der Waals surface area contributed by atoms with Gasteiger partial charge in [0, 0.05) is 31.3 Å². The maximum Gasteiger partial charge on any atom is 0.321 e. The molecule has 0 saturated carbocycles. The molecule has 1 aliphatic rings. The Morgan fingerprint density at radius 3 is 2.91 bits per heavy atom. The first-order valence-corrected chi connectivity index (χ1v) is 8.03. The Labute approximate surface area is 138 Å². The Balaban J connectivity index is 1.84. The molecule has 1 N–H and O–H groups in total. The predicted molar refractivity (Wildman–Crippen MR) is 90.6 cm³/mol. The number of rotatable bonds is 6. The highest BCUT2D eigenvalue weighted by atomic mass is 16.5. The summed E-state index contributed by atoms with van der Waals surface area (Å²) >= 11 is 0. The van der Waals surface area contributed by atoms with Crippen LogP contribution in [-0.2, 0) is 4.74 Å². The molecule has 0 unspecified atom stereocenters. The van der Waals surface area contributed by atoms with Crippen molar-refractivity contribution in [3.05, 3.63) is 24.3 Å². The number of anilines is 1. The average molecular weight is 316 g/mol. The van der Waals surface area contributed by atoms with Crippen molar-refractivity contribution in [1.29, 1.82) is 0 Å². The highest BCUT2D eigenvalue weighted by Gasteiger charge is 2.23. The Morgan fingerprint density at radius 2 is 2.22 bits per heavy atom. The van der Waals surface area contributed by atoms with Crippen molar-refractivity contribution in [1.82, 2.24) is 4.90 Å². The molecule has 2 rings (SSSR count). The zero-order valence-electron chi connectivity index (χ0n) is 13.6. The van der Waals surface area contributed by atoms with Gasteiger partial charge in [-0.3, -0.25) is 0 Å². The standard InChI is InChI=1S/C18H24N2O3/c1-3-12-23-17-9-7-16(8-10-17)19-18(21)20-11-5-6-15(13-20)14-22-4-2/h1,7-10,15H,4-6,11-14H2,2H3,(H,19,21)/t15-/m0/s1. The molecular formula is C18H24N2O3. The third-order valence-corrected chi connectivity index (χ3v) is 3.79. The monoisotopic (exact) mass is 316 g/mol. The van der Waals surface area contributed by atoms with E-state index in [1.807, 2.05) is 24.0 Å². The number of hydrogen-bond donors (Lipinski definition) is 1. The highest BCUT2D eigenvalue weighted by Crippen LogP contribution is 2.19. The van der Waals surface area contributed by atoms with Crippen molar-refractivity contribution in [2.24, 2.45) is 5.92 Å². The molecule has 1 aliphatic heterocycles. The number of ether oxygens (including phenoxy) is 2. The summed E-state index contributed by atoms with van der Waals surface area (Å²) in [6.07, 6.45) is 7.28. The fraction of sp³-hybridized carbons (Fsp3) is 0.500. The van der Waals surface area contributed by atoms with Crippen LogP contribution in [0.15, 0.2) is 24.3 Å². The lowest BCUT2D eigenvalue weighted by Crippen LogP contribution is -2.43. The van der Waals surface area contributed by atoms with Crippen molar-refractivity contribution in [2.75, 3.05) is 38.2 Å². The van der Waals surface area contributed by atoms with Crippen LogP contribution in [0.5, 0.6) is 5.75 Å². The second-order valence-corrected chi connectivity index (χ2v) is 5.56. The number of piperidine rings is 1. The summed E-state index contributed by atoms with van der Waals surface area (Å²) in [6.45, 7) is 5.20. The van der Waals surface area contributed by atoms with E-state index in [1.165, 1.54) is 0 Å². The first kappa shape index (κ1) is 17.2. The lowest BCUT2D eigenvalue weighted by Gasteiger charge is -2.32. The van der Waals surface area contributed by atoms with Gasteiger partial charge in [0.05, 0.1) is 6.61 Å². The number of benzene rings is 1. The molecule has 2 amide bonds. The Kier molecular flexibility index (Phi) is 6.76. The zero-order chi connectivity index (χ0) is 16.5. The number of terminal acetylenes is 1. The van der Waals surface area contributed by atoms with E-state index in [0.29, 0.717) is 11.7 Å². The second kappa shape index (κ2) is 9.06. The number of nitrogens with one attached hydrogen (secondary N) is 1. The van der Waals surface area contributed by atoms with Crippen LogP contribution < -0.4 is 10.1 Å². The summed E-state index contributed by atoms with van der Waals surface area (Å²) in [4.78, 5) is 14.2. The van der Waals surface area contributed by atoms with Gasteiger partial charge in [-0.15, -0.1) is 6.42 Å². The largest absolute Gasteiger partial charge is 0.481 e. The van der Waals surface area contributed by atoms with Gasteiger partial charge in [-0.1, -0.05) is 5.92 Å². The topological polar surface area (TPSA) is 50.8 Å². The fourth-order valence-corrected chi connectivity index (χ4v) is 2.63. The van der Waals surface area contributed by atoms with Crippen LogP contribution in [0.1, 0.15) is 19.8 Å². The number of nitrogens with zero attached hydrogens (tertiary/aromatic N) is 1. The van der Waals surface area contributed by atoms with E-state index in [1.54, 1.807) is 12.1 Å². The normalized spacial score (nSPS) is 17.4. The molecule has 0 spiro atoms. The van der Waals surface area contributed by atoms with Crippen LogP contribution >= 0.6 is 0 Å². The van der Waals surface area contributed by atoms with Crippen molar-refractivity contribution in [3.8, 4) is 18.1 Å². The number of likely N-dealkylation sites (tertiary alicyclic amines) is 1. The van der Waals surface area contributed by atoms with Gasteiger partial charge >= 0.3 is 6.03 Å². The summed E-state index contributed by atoms with van der Waals surface area (Å²) in [5.74, 6) is 3.53. The van der Waals surface area contributed by atoms with Gasteiger partial charge in [0.15, 0.2) is 0 Å². The van der Waals surface area contributed by atoms with Crippen molar-refractivity contribution in [2.45, 2.75) is 19.8 Å². The van der Waals surface area contributed by atoms with Crippen LogP contribution in [0.2, 0.25) is 0 Å². The van der Waals surface area contributed by atoms with Gasteiger partial charge < -0.3 is 19.7 Å². The third kappa shape index (κ3) is 5.50. The van der Waals surface area contributed by atoms with E-state index < -0.39 is 0 Å². The molecular weight excluding hydrogens is 292 g/mol. The van der Waals surface area contributed by atoms with E-state index >= 15 is 0 Å². The smallest absolute Gasteiger partial charge is 0.321 e. The fourth-order valence-electron chi connectivity index (χ4n) is 2.63. The second-order valence-electron chi connectivity index (χ2n) is 5.56. The van der Waals surface area contributed by atoms with E-state index in [2.05, 4.69) is 11.2 Å². The molecule has 124 valence electrons. The minimum Gasteiger partial charge on any atom is -0.481 e. The molecule has 0 aromatic heterocycles. The van der Waals surface area contributed by atoms with E-state index in [4.69, 9.17) is 15.9 Å². The lowest BCUT2D eigenvalue weighted by atomic mass is 9.99. The first-order valence-electron chi connectivity index (χ1n) is 8.03. The van der Waals surface area contributed by atoms with Crippen LogP contribution in [0.25, 0.3) is 0 Å². The first-order chi connectivity index (χ1) is 11.2. The van der Waals surface area contributed by atoms with Crippen molar-refractivity contribution >= 4 is 11.7 Å². The molecule has 1 fully saturated rings. The Bertz CT molecular complexity index is 536. The molecule has 1 heterocycles. The molecule has 1 aromatic rings. The molecule has 23 heavy (non-hydrogen) atoms. The van der Waals surface area contributed by atoms with Gasteiger partial charge in [-0.25, -0.2) is 4.79 Å².